The number of carbonyl (C=O) groups is 2. The number of nitrogens with one attached hydrogen (secondary N) is 1. The molecule has 0 atom stereocenters. The van der Waals surface area contributed by atoms with Crippen LogP contribution in [-0.4, -0.2) is 25.2 Å². The number of fused-ring (bicyclic) bond motifs is 1. The molecule has 0 unspecified atom stereocenters. The quantitative estimate of drug-likeness (QED) is 0.531. The zero-order chi connectivity index (χ0) is 16.4. The van der Waals surface area contributed by atoms with Crippen molar-refractivity contribution in [3.63, 3.8) is 0 Å². The van der Waals surface area contributed by atoms with Crippen LogP contribution in [0.5, 0.6) is 0 Å². The van der Waals surface area contributed by atoms with Crippen LogP contribution in [0.2, 0.25) is 0 Å². The summed E-state index contributed by atoms with van der Waals surface area (Å²) in [6.45, 7) is 0. The fourth-order valence-electron chi connectivity index (χ4n) is 2.52. The van der Waals surface area contributed by atoms with Crippen LogP contribution >= 0.6 is 11.8 Å². The molecule has 1 aliphatic heterocycles. The van der Waals surface area contributed by atoms with E-state index in [0.717, 1.165) is 16.0 Å². The Morgan fingerprint density at radius 1 is 1.22 bits per heavy atom. The lowest BCUT2D eigenvalue weighted by Crippen LogP contribution is -2.04. The minimum Gasteiger partial charge on any atom is -0.465 e. The first-order valence-corrected chi connectivity index (χ1v) is 8.25. The molecule has 0 saturated carbocycles. The molecule has 1 aliphatic rings. The molecule has 5 heteroatoms. The van der Waals surface area contributed by atoms with Crippen molar-refractivity contribution in [1.82, 2.24) is 0 Å². The summed E-state index contributed by atoms with van der Waals surface area (Å²) in [6.07, 6.45) is 3.88. The van der Waals surface area contributed by atoms with Crippen LogP contribution in [-0.2, 0) is 9.53 Å². The number of hydrogen-bond donors (Lipinski definition) is 1. The van der Waals surface area contributed by atoms with Gasteiger partial charge in [-0.2, -0.15) is 0 Å². The van der Waals surface area contributed by atoms with Crippen molar-refractivity contribution in [2.45, 2.75) is 4.90 Å². The minimum atomic E-state index is -0.424. The molecule has 1 amide bonds. The summed E-state index contributed by atoms with van der Waals surface area (Å²) in [5.74, 6) is -0.592. The molecule has 0 aliphatic carbocycles. The Balaban J connectivity index is 2.05. The van der Waals surface area contributed by atoms with E-state index in [1.54, 1.807) is 30.0 Å². The number of rotatable bonds is 3. The number of benzene rings is 2. The molecule has 2 aromatic rings. The summed E-state index contributed by atoms with van der Waals surface area (Å²) < 4.78 is 4.71. The van der Waals surface area contributed by atoms with Crippen LogP contribution in [0.25, 0.3) is 11.6 Å². The summed E-state index contributed by atoms with van der Waals surface area (Å²) in [4.78, 5) is 25.0. The summed E-state index contributed by atoms with van der Waals surface area (Å²) in [6, 6.07) is 13.0. The second-order valence-electron chi connectivity index (χ2n) is 5.01. The number of carbonyl (C=O) groups excluding carboxylic acids is 2. The number of ether oxygens (including phenoxy) is 1. The summed E-state index contributed by atoms with van der Waals surface area (Å²) in [7, 11) is 1.33. The molecule has 4 nitrogen and oxygen atoms in total. The molecular formula is C18H15NO3S. The van der Waals surface area contributed by atoms with Crippen LogP contribution in [0.1, 0.15) is 21.5 Å². The average Bonchev–Trinajstić information content (AvgIpc) is 2.89. The lowest BCUT2D eigenvalue weighted by atomic mass is 10.0. The van der Waals surface area contributed by atoms with Gasteiger partial charge in [0.15, 0.2) is 0 Å². The third-order valence-electron chi connectivity index (χ3n) is 3.66. The molecule has 0 saturated heterocycles. The van der Waals surface area contributed by atoms with E-state index in [1.807, 2.05) is 36.6 Å². The van der Waals surface area contributed by atoms with Crippen LogP contribution in [0.15, 0.2) is 47.4 Å². The minimum absolute atomic E-state index is 0.169. The third-order valence-corrected chi connectivity index (χ3v) is 4.47. The fraction of sp³-hybridized carbons (Fsp3) is 0.111. The Morgan fingerprint density at radius 2 is 2.00 bits per heavy atom. The van der Waals surface area contributed by atoms with Crippen LogP contribution in [0, 0.1) is 0 Å². The van der Waals surface area contributed by atoms with E-state index in [0.29, 0.717) is 16.8 Å². The molecule has 2 aromatic carbocycles. The van der Waals surface area contributed by atoms with Gasteiger partial charge in [-0.25, -0.2) is 4.79 Å². The largest absolute Gasteiger partial charge is 0.465 e. The SMILES string of the molecule is COC(=O)c1ccc2c(c1)NC(=O)C2=Cc1ccccc1SC. The van der Waals surface area contributed by atoms with Crippen molar-refractivity contribution in [3.8, 4) is 0 Å². The number of esters is 1. The molecule has 0 fully saturated rings. The zero-order valence-electron chi connectivity index (χ0n) is 12.8. The smallest absolute Gasteiger partial charge is 0.337 e. The van der Waals surface area contributed by atoms with E-state index >= 15 is 0 Å². The highest BCUT2D eigenvalue weighted by molar-refractivity contribution is 7.98. The summed E-state index contributed by atoms with van der Waals surface area (Å²) in [5, 5.41) is 2.80. The molecular weight excluding hydrogens is 310 g/mol. The van der Waals surface area contributed by atoms with Crippen molar-refractivity contribution in [2.24, 2.45) is 0 Å². The standard InChI is InChI=1S/C18H15NO3S/c1-22-18(21)12-7-8-13-14(17(20)19-15(13)10-12)9-11-5-3-4-6-16(11)23-2/h3-10H,1-2H3,(H,19,20). The number of amides is 1. The van der Waals surface area contributed by atoms with Crippen molar-refractivity contribution in [2.75, 3.05) is 18.7 Å². The molecule has 1 heterocycles. The van der Waals surface area contributed by atoms with Gasteiger partial charge in [-0.3, -0.25) is 4.79 Å². The maximum absolute atomic E-state index is 12.3. The van der Waals surface area contributed by atoms with E-state index in [9.17, 15) is 9.59 Å². The van der Waals surface area contributed by atoms with Crippen molar-refractivity contribution in [3.05, 3.63) is 59.2 Å². The Bertz CT molecular complexity index is 827. The summed E-state index contributed by atoms with van der Waals surface area (Å²) in [5.41, 5.74) is 3.43. The van der Waals surface area contributed by atoms with E-state index in [1.165, 1.54) is 7.11 Å². The van der Waals surface area contributed by atoms with Gasteiger partial charge in [0.05, 0.1) is 12.7 Å². The Kier molecular flexibility index (Phi) is 4.21. The van der Waals surface area contributed by atoms with Gasteiger partial charge < -0.3 is 10.1 Å². The van der Waals surface area contributed by atoms with Gasteiger partial charge >= 0.3 is 5.97 Å². The van der Waals surface area contributed by atoms with Gasteiger partial charge in [-0.15, -0.1) is 11.8 Å². The normalized spacial score (nSPS) is 14.5. The van der Waals surface area contributed by atoms with E-state index in [4.69, 9.17) is 4.74 Å². The van der Waals surface area contributed by atoms with Gasteiger partial charge in [0.2, 0.25) is 0 Å². The van der Waals surface area contributed by atoms with Gasteiger partial charge in [-0.1, -0.05) is 24.3 Å². The first kappa shape index (κ1) is 15.4. The zero-order valence-corrected chi connectivity index (χ0v) is 13.6. The fourth-order valence-corrected chi connectivity index (χ4v) is 3.10. The van der Waals surface area contributed by atoms with E-state index < -0.39 is 5.97 Å². The maximum atomic E-state index is 12.3. The van der Waals surface area contributed by atoms with Crippen LogP contribution in [0.4, 0.5) is 5.69 Å². The first-order valence-electron chi connectivity index (χ1n) is 7.03. The number of methoxy groups -OCH3 is 1. The molecule has 3 rings (SSSR count). The highest BCUT2D eigenvalue weighted by atomic mass is 32.2. The number of hydrogen-bond acceptors (Lipinski definition) is 4. The monoisotopic (exact) mass is 325 g/mol. The molecule has 0 spiro atoms. The molecule has 0 bridgehead atoms. The third kappa shape index (κ3) is 2.87. The van der Waals surface area contributed by atoms with E-state index in [-0.39, 0.29) is 5.91 Å². The summed E-state index contributed by atoms with van der Waals surface area (Å²) >= 11 is 1.63. The lowest BCUT2D eigenvalue weighted by Gasteiger charge is -2.04. The highest BCUT2D eigenvalue weighted by Crippen LogP contribution is 2.35. The second kappa shape index (κ2) is 6.30. The first-order chi connectivity index (χ1) is 11.1. The molecule has 0 aromatic heterocycles. The number of thioether (sulfide) groups is 1. The maximum Gasteiger partial charge on any atom is 0.337 e. The molecule has 0 radical (unpaired) electrons. The van der Waals surface area contributed by atoms with Crippen molar-refractivity contribution < 1.29 is 14.3 Å². The molecule has 1 N–H and O–H groups in total. The van der Waals surface area contributed by atoms with Gasteiger partial charge in [0.1, 0.15) is 0 Å². The predicted molar refractivity (Wildman–Crippen MR) is 92.5 cm³/mol. The second-order valence-corrected chi connectivity index (χ2v) is 5.85. The van der Waals surface area contributed by atoms with Crippen molar-refractivity contribution >= 4 is 41.0 Å². The topological polar surface area (TPSA) is 55.4 Å². The Morgan fingerprint density at radius 3 is 2.74 bits per heavy atom. The van der Waals surface area contributed by atoms with Crippen LogP contribution < -0.4 is 5.32 Å². The Labute approximate surface area is 138 Å². The molecule has 23 heavy (non-hydrogen) atoms. The van der Waals surface area contributed by atoms with Gasteiger partial charge in [0.25, 0.3) is 5.91 Å². The van der Waals surface area contributed by atoms with Gasteiger partial charge in [0, 0.05) is 21.7 Å². The van der Waals surface area contributed by atoms with E-state index in [2.05, 4.69) is 5.32 Å². The van der Waals surface area contributed by atoms with Crippen molar-refractivity contribution in [1.29, 1.82) is 0 Å². The highest BCUT2D eigenvalue weighted by Gasteiger charge is 2.25. The van der Waals surface area contributed by atoms with Crippen LogP contribution in [0.3, 0.4) is 0 Å². The number of anilines is 1. The predicted octanol–water partition coefficient (Wildman–Crippen LogP) is 3.69. The van der Waals surface area contributed by atoms with Gasteiger partial charge in [-0.05, 0) is 36.1 Å². The Hall–Kier alpha value is -2.53. The average molecular weight is 325 g/mol. The lowest BCUT2D eigenvalue weighted by molar-refractivity contribution is -0.110. The molecule has 116 valence electrons.